The first-order valence-corrected chi connectivity index (χ1v) is 12.1. The van der Waals surface area contributed by atoms with Crippen molar-refractivity contribution in [3.05, 3.63) is 89.9 Å². The monoisotopic (exact) mass is 496 g/mol. The lowest BCUT2D eigenvalue weighted by atomic mass is 10.1. The number of anilines is 1. The standard InChI is InChI=1S/C28H24N4O3S/c1-32-25(16-23(31-32)22-15-21(34-2)12-13-26(22)35-3)27(33)29-20-11-7-10-19(14-20)24-17-36-28(30-24)18-8-5-4-6-9-18/h4-17H,1-3H3,(H,29,33). The van der Waals surface area contributed by atoms with E-state index in [0.717, 1.165) is 27.4 Å². The maximum Gasteiger partial charge on any atom is 0.273 e. The lowest BCUT2D eigenvalue weighted by molar-refractivity contribution is 0.101. The maximum atomic E-state index is 13.2. The molecule has 0 spiro atoms. The number of ether oxygens (including phenoxy) is 2. The maximum absolute atomic E-state index is 13.2. The van der Waals surface area contributed by atoms with Gasteiger partial charge in [-0.2, -0.15) is 5.10 Å². The van der Waals surface area contributed by atoms with Crippen molar-refractivity contribution in [2.24, 2.45) is 7.05 Å². The number of rotatable bonds is 7. The summed E-state index contributed by atoms with van der Waals surface area (Å²) in [6.45, 7) is 0. The third-order valence-corrected chi connectivity index (χ3v) is 6.63. The third-order valence-electron chi connectivity index (χ3n) is 5.74. The van der Waals surface area contributed by atoms with Crippen LogP contribution in [-0.2, 0) is 7.05 Å². The summed E-state index contributed by atoms with van der Waals surface area (Å²) < 4.78 is 12.4. The Morgan fingerprint density at radius 2 is 1.69 bits per heavy atom. The number of carbonyl (C=O) groups excluding carboxylic acids is 1. The van der Waals surface area contributed by atoms with Crippen LogP contribution >= 0.6 is 11.3 Å². The zero-order valence-electron chi connectivity index (χ0n) is 20.1. The van der Waals surface area contributed by atoms with Crippen molar-refractivity contribution in [2.75, 3.05) is 19.5 Å². The van der Waals surface area contributed by atoms with E-state index in [2.05, 4.69) is 10.4 Å². The van der Waals surface area contributed by atoms with Crippen molar-refractivity contribution in [1.29, 1.82) is 0 Å². The van der Waals surface area contributed by atoms with Gasteiger partial charge in [0.25, 0.3) is 5.91 Å². The number of benzene rings is 3. The van der Waals surface area contributed by atoms with E-state index in [1.807, 2.05) is 78.2 Å². The van der Waals surface area contributed by atoms with Gasteiger partial charge < -0.3 is 14.8 Å². The van der Waals surface area contributed by atoms with Crippen LogP contribution in [0.15, 0.2) is 84.2 Å². The van der Waals surface area contributed by atoms with E-state index in [1.54, 1.807) is 43.4 Å². The Labute approximate surface area is 213 Å². The quantitative estimate of drug-likeness (QED) is 0.293. The lowest BCUT2D eigenvalue weighted by Gasteiger charge is -2.08. The summed E-state index contributed by atoms with van der Waals surface area (Å²) in [6.07, 6.45) is 0. The highest BCUT2D eigenvalue weighted by molar-refractivity contribution is 7.13. The molecule has 2 aromatic heterocycles. The zero-order chi connectivity index (χ0) is 25.1. The van der Waals surface area contributed by atoms with Gasteiger partial charge in [0.15, 0.2) is 0 Å². The van der Waals surface area contributed by atoms with E-state index >= 15 is 0 Å². The molecule has 0 saturated heterocycles. The van der Waals surface area contributed by atoms with Crippen LogP contribution in [0.4, 0.5) is 5.69 Å². The van der Waals surface area contributed by atoms with Crippen molar-refractivity contribution in [3.8, 4) is 44.6 Å². The number of hydrogen-bond acceptors (Lipinski definition) is 6. The van der Waals surface area contributed by atoms with Crippen LogP contribution in [-0.4, -0.2) is 34.9 Å². The molecule has 0 bridgehead atoms. The SMILES string of the molecule is COc1ccc(OC)c(-c2cc(C(=O)Nc3cccc(-c4csc(-c5ccccc5)n4)c3)n(C)n2)c1. The fourth-order valence-electron chi connectivity index (χ4n) is 3.90. The van der Waals surface area contributed by atoms with Crippen LogP contribution in [0, 0.1) is 0 Å². The van der Waals surface area contributed by atoms with Gasteiger partial charge in [0, 0.05) is 34.8 Å². The van der Waals surface area contributed by atoms with Crippen LogP contribution in [0.5, 0.6) is 11.5 Å². The first-order chi connectivity index (χ1) is 17.6. The first-order valence-electron chi connectivity index (χ1n) is 11.2. The van der Waals surface area contributed by atoms with E-state index in [-0.39, 0.29) is 5.91 Å². The Balaban J connectivity index is 1.38. The number of nitrogens with zero attached hydrogens (tertiary/aromatic N) is 3. The molecule has 2 heterocycles. The van der Waals surface area contributed by atoms with Crippen LogP contribution in [0.2, 0.25) is 0 Å². The second-order valence-corrected chi connectivity index (χ2v) is 8.90. The molecule has 0 atom stereocenters. The molecule has 5 rings (SSSR count). The molecule has 0 aliphatic carbocycles. The smallest absolute Gasteiger partial charge is 0.273 e. The second-order valence-electron chi connectivity index (χ2n) is 8.04. The number of methoxy groups -OCH3 is 2. The summed E-state index contributed by atoms with van der Waals surface area (Å²) in [4.78, 5) is 17.9. The highest BCUT2D eigenvalue weighted by Gasteiger charge is 2.18. The molecule has 0 fully saturated rings. The predicted molar refractivity (Wildman–Crippen MR) is 143 cm³/mol. The minimum Gasteiger partial charge on any atom is -0.497 e. The van der Waals surface area contributed by atoms with E-state index in [9.17, 15) is 4.79 Å². The number of amides is 1. The number of nitrogens with one attached hydrogen (secondary N) is 1. The zero-order valence-corrected chi connectivity index (χ0v) is 20.9. The van der Waals surface area contributed by atoms with Crippen molar-refractivity contribution < 1.29 is 14.3 Å². The molecule has 36 heavy (non-hydrogen) atoms. The lowest BCUT2D eigenvalue weighted by Crippen LogP contribution is -2.16. The Bertz CT molecular complexity index is 1530. The second kappa shape index (κ2) is 10.1. The molecule has 7 nitrogen and oxygen atoms in total. The van der Waals surface area contributed by atoms with Crippen molar-refractivity contribution in [2.45, 2.75) is 0 Å². The summed E-state index contributed by atoms with van der Waals surface area (Å²) in [5.74, 6) is 1.06. The molecule has 5 aromatic rings. The largest absolute Gasteiger partial charge is 0.497 e. The van der Waals surface area contributed by atoms with Crippen molar-refractivity contribution in [3.63, 3.8) is 0 Å². The number of carbonyl (C=O) groups is 1. The fourth-order valence-corrected chi connectivity index (χ4v) is 4.73. The van der Waals surface area contributed by atoms with Gasteiger partial charge >= 0.3 is 0 Å². The molecule has 0 unspecified atom stereocenters. The normalized spacial score (nSPS) is 10.8. The number of thiazole rings is 1. The molecule has 0 radical (unpaired) electrons. The molecule has 0 saturated carbocycles. The van der Waals surface area contributed by atoms with E-state index in [4.69, 9.17) is 14.5 Å². The van der Waals surface area contributed by atoms with Crippen LogP contribution < -0.4 is 14.8 Å². The number of hydrogen-bond donors (Lipinski definition) is 1. The van der Waals surface area contributed by atoms with E-state index in [1.165, 1.54) is 0 Å². The van der Waals surface area contributed by atoms with Crippen molar-refractivity contribution in [1.82, 2.24) is 14.8 Å². The summed E-state index contributed by atoms with van der Waals surface area (Å²) in [7, 11) is 4.94. The summed E-state index contributed by atoms with van der Waals surface area (Å²) in [5, 5.41) is 10.5. The summed E-state index contributed by atoms with van der Waals surface area (Å²) in [6, 6.07) is 25.0. The topological polar surface area (TPSA) is 78.3 Å². The predicted octanol–water partition coefficient (Wildman–Crippen LogP) is 6.15. The molecule has 180 valence electrons. The van der Waals surface area contributed by atoms with E-state index < -0.39 is 0 Å². The molecule has 1 N–H and O–H groups in total. The average molecular weight is 497 g/mol. The average Bonchev–Trinajstić information content (AvgIpc) is 3.56. The van der Waals surface area contributed by atoms with Gasteiger partial charge in [0.2, 0.25) is 0 Å². The summed E-state index contributed by atoms with van der Waals surface area (Å²) >= 11 is 1.59. The Morgan fingerprint density at radius 3 is 2.47 bits per heavy atom. The molecule has 1 amide bonds. The molecule has 0 aliphatic heterocycles. The van der Waals surface area contributed by atoms with Gasteiger partial charge in [-0.1, -0.05) is 42.5 Å². The third kappa shape index (κ3) is 4.71. The van der Waals surface area contributed by atoms with E-state index in [0.29, 0.717) is 28.6 Å². The Hall–Kier alpha value is -4.43. The minimum atomic E-state index is -0.265. The number of aromatic nitrogens is 3. The van der Waals surface area contributed by atoms with Gasteiger partial charge in [-0.05, 0) is 36.4 Å². The Morgan fingerprint density at radius 1 is 0.889 bits per heavy atom. The van der Waals surface area contributed by atoms with Gasteiger partial charge in [-0.3, -0.25) is 9.48 Å². The highest BCUT2D eigenvalue weighted by Crippen LogP contribution is 2.33. The van der Waals surface area contributed by atoms with Gasteiger partial charge in [-0.15, -0.1) is 11.3 Å². The molecule has 8 heteroatoms. The van der Waals surface area contributed by atoms with Gasteiger partial charge in [0.1, 0.15) is 22.2 Å². The fraction of sp³-hybridized carbons (Fsp3) is 0.107. The Kier molecular flexibility index (Phi) is 6.51. The highest BCUT2D eigenvalue weighted by atomic mass is 32.1. The van der Waals surface area contributed by atoms with Gasteiger partial charge in [-0.25, -0.2) is 4.98 Å². The molecule has 0 aliphatic rings. The minimum absolute atomic E-state index is 0.265. The summed E-state index contributed by atoms with van der Waals surface area (Å²) in [5.41, 5.74) is 5.32. The first kappa shape index (κ1) is 23.3. The van der Waals surface area contributed by atoms with Gasteiger partial charge in [0.05, 0.1) is 25.6 Å². The molecule has 3 aromatic carbocycles. The molecular weight excluding hydrogens is 472 g/mol. The molecular formula is C28H24N4O3S. The van der Waals surface area contributed by atoms with Crippen LogP contribution in [0.3, 0.4) is 0 Å². The van der Waals surface area contributed by atoms with Crippen LogP contribution in [0.25, 0.3) is 33.1 Å². The number of aryl methyl sites for hydroxylation is 1. The van der Waals surface area contributed by atoms with Crippen LogP contribution in [0.1, 0.15) is 10.5 Å². The van der Waals surface area contributed by atoms with Crippen molar-refractivity contribution >= 4 is 22.9 Å².